The van der Waals surface area contributed by atoms with Gasteiger partial charge in [0, 0.05) is 0 Å². The molecular weight excluding hydrogens is 282 g/mol. The predicted molar refractivity (Wildman–Crippen MR) is 77.4 cm³/mol. The Kier molecular flexibility index (Phi) is 7.87. The molecule has 5 nitrogen and oxygen atoms in total. The number of ether oxygens (including phenoxy) is 1. The van der Waals surface area contributed by atoms with Gasteiger partial charge in [0.1, 0.15) is 38.1 Å². The van der Waals surface area contributed by atoms with Crippen LogP contribution in [0.5, 0.6) is 5.75 Å². The zero-order valence-corrected chi connectivity index (χ0v) is 12.4. The minimum Gasteiger partial charge on any atom is -0.489 e. The number of rotatable bonds is 9. The topological polar surface area (TPSA) is 74.4 Å². The van der Waals surface area contributed by atoms with Crippen LogP contribution >= 0.6 is 11.6 Å². The second-order valence-corrected chi connectivity index (χ2v) is 5.21. The van der Waals surface area contributed by atoms with Gasteiger partial charge in [0.15, 0.2) is 0 Å². The number of aliphatic hydroxyl groups is 3. The van der Waals surface area contributed by atoms with Crippen LogP contribution in [0.25, 0.3) is 0 Å². The normalized spacial score (nSPS) is 12.7. The van der Waals surface area contributed by atoms with E-state index in [1.54, 1.807) is 6.07 Å². The van der Waals surface area contributed by atoms with E-state index in [4.69, 9.17) is 26.6 Å². The number of aryl methyl sites for hydroxylation is 1. The van der Waals surface area contributed by atoms with E-state index in [9.17, 15) is 5.11 Å². The SMILES string of the molecule is Cc1ccc(Cl)c(OC[C@@H](O)C[NH+](CCO)CCO)c1. The lowest BCUT2D eigenvalue weighted by atomic mass is 10.2. The summed E-state index contributed by atoms with van der Waals surface area (Å²) >= 11 is 6.01. The third-order valence-corrected chi connectivity index (χ3v) is 3.29. The fourth-order valence-electron chi connectivity index (χ4n) is 1.94. The first-order valence-corrected chi connectivity index (χ1v) is 7.07. The van der Waals surface area contributed by atoms with Crippen molar-refractivity contribution in [3.8, 4) is 5.75 Å². The second kappa shape index (κ2) is 9.15. The van der Waals surface area contributed by atoms with Crippen LogP contribution in [0.15, 0.2) is 18.2 Å². The lowest BCUT2D eigenvalue weighted by molar-refractivity contribution is -0.903. The molecule has 0 unspecified atom stereocenters. The van der Waals surface area contributed by atoms with E-state index in [-0.39, 0.29) is 19.8 Å². The van der Waals surface area contributed by atoms with Crippen molar-refractivity contribution in [2.24, 2.45) is 0 Å². The molecule has 20 heavy (non-hydrogen) atoms. The number of benzene rings is 1. The molecule has 1 aromatic carbocycles. The van der Waals surface area contributed by atoms with E-state index in [0.717, 1.165) is 10.5 Å². The van der Waals surface area contributed by atoms with Gasteiger partial charge in [-0.15, -0.1) is 0 Å². The van der Waals surface area contributed by atoms with Crippen molar-refractivity contribution >= 4 is 11.6 Å². The van der Waals surface area contributed by atoms with Crippen molar-refractivity contribution in [2.75, 3.05) is 39.5 Å². The molecule has 1 aromatic rings. The monoisotopic (exact) mass is 304 g/mol. The van der Waals surface area contributed by atoms with Gasteiger partial charge in [0.2, 0.25) is 0 Å². The van der Waals surface area contributed by atoms with E-state index in [2.05, 4.69) is 0 Å². The van der Waals surface area contributed by atoms with Crippen molar-refractivity contribution in [1.82, 2.24) is 0 Å². The van der Waals surface area contributed by atoms with E-state index in [1.165, 1.54) is 0 Å². The molecule has 0 aromatic heterocycles. The molecule has 0 spiro atoms. The summed E-state index contributed by atoms with van der Waals surface area (Å²) in [5.41, 5.74) is 1.03. The van der Waals surface area contributed by atoms with E-state index < -0.39 is 6.10 Å². The minimum atomic E-state index is -0.681. The molecule has 0 radical (unpaired) electrons. The zero-order valence-electron chi connectivity index (χ0n) is 11.7. The summed E-state index contributed by atoms with van der Waals surface area (Å²) in [5, 5.41) is 28.3. The molecule has 0 amide bonds. The van der Waals surface area contributed by atoms with Crippen LogP contribution in [0, 0.1) is 6.92 Å². The molecule has 0 bridgehead atoms. The maximum atomic E-state index is 9.94. The highest BCUT2D eigenvalue weighted by Gasteiger charge is 2.15. The Morgan fingerprint density at radius 3 is 2.50 bits per heavy atom. The Morgan fingerprint density at radius 1 is 1.25 bits per heavy atom. The average molecular weight is 305 g/mol. The Labute approximate surface area is 124 Å². The first-order valence-electron chi connectivity index (χ1n) is 6.69. The van der Waals surface area contributed by atoms with Gasteiger partial charge >= 0.3 is 0 Å². The average Bonchev–Trinajstić information content (AvgIpc) is 2.40. The maximum absolute atomic E-state index is 9.94. The number of nitrogens with one attached hydrogen (secondary N) is 1. The summed E-state index contributed by atoms with van der Waals surface area (Å²) in [4.78, 5) is 0.932. The van der Waals surface area contributed by atoms with Gasteiger partial charge < -0.3 is 25.0 Å². The van der Waals surface area contributed by atoms with Crippen LogP contribution in [-0.4, -0.2) is 60.9 Å². The summed E-state index contributed by atoms with van der Waals surface area (Å²) in [6.45, 7) is 3.49. The standard InChI is InChI=1S/C14H22ClNO4/c1-11-2-3-13(15)14(8-11)20-10-12(19)9-16(4-6-17)5-7-18/h2-3,8,12,17-19H,4-7,9-10H2,1H3/p+1/t12-/m0/s1. The Balaban J connectivity index is 2.45. The second-order valence-electron chi connectivity index (χ2n) is 4.80. The molecule has 114 valence electrons. The molecule has 0 fully saturated rings. The van der Waals surface area contributed by atoms with E-state index >= 15 is 0 Å². The Morgan fingerprint density at radius 2 is 1.90 bits per heavy atom. The van der Waals surface area contributed by atoms with Crippen molar-refractivity contribution in [3.05, 3.63) is 28.8 Å². The van der Waals surface area contributed by atoms with Gasteiger partial charge in [-0.25, -0.2) is 0 Å². The fourth-order valence-corrected chi connectivity index (χ4v) is 2.12. The fraction of sp³-hybridized carbons (Fsp3) is 0.571. The van der Waals surface area contributed by atoms with Crippen molar-refractivity contribution in [3.63, 3.8) is 0 Å². The molecule has 6 heteroatoms. The quantitative estimate of drug-likeness (QED) is 0.485. The molecule has 1 rings (SSSR count). The third-order valence-electron chi connectivity index (χ3n) is 2.97. The highest BCUT2D eigenvalue weighted by molar-refractivity contribution is 6.32. The molecule has 4 N–H and O–H groups in total. The Bertz CT molecular complexity index is 397. The van der Waals surface area contributed by atoms with Crippen LogP contribution in [0.2, 0.25) is 5.02 Å². The molecule has 1 atom stereocenters. The van der Waals surface area contributed by atoms with Crippen LogP contribution in [0.1, 0.15) is 5.56 Å². The first kappa shape index (κ1) is 17.2. The van der Waals surface area contributed by atoms with Crippen molar-refractivity contribution < 1.29 is 25.0 Å². The Hall–Kier alpha value is -0.850. The smallest absolute Gasteiger partial charge is 0.138 e. The highest BCUT2D eigenvalue weighted by atomic mass is 35.5. The number of halogens is 1. The van der Waals surface area contributed by atoms with Gasteiger partial charge in [-0.2, -0.15) is 0 Å². The van der Waals surface area contributed by atoms with E-state index in [0.29, 0.717) is 30.4 Å². The maximum Gasteiger partial charge on any atom is 0.138 e. The number of hydrogen-bond acceptors (Lipinski definition) is 4. The summed E-state index contributed by atoms with van der Waals surface area (Å²) in [6.07, 6.45) is -0.681. The number of quaternary nitrogens is 1. The van der Waals surface area contributed by atoms with Gasteiger partial charge in [-0.05, 0) is 24.6 Å². The summed E-state index contributed by atoms with van der Waals surface area (Å²) in [7, 11) is 0. The summed E-state index contributed by atoms with van der Waals surface area (Å²) in [6, 6.07) is 5.47. The molecule has 0 aliphatic carbocycles. The van der Waals surface area contributed by atoms with Crippen LogP contribution in [0.3, 0.4) is 0 Å². The van der Waals surface area contributed by atoms with Crippen LogP contribution < -0.4 is 9.64 Å². The van der Waals surface area contributed by atoms with Crippen molar-refractivity contribution in [2.45, 2.75) is 13.0 Å². The van der Waals surface area contributed by atoms with Gasteiger partial charge in [-0.1, -0.05) is 17.7 Å². The molecule has 0 heterocycles. The number of hydrogen-bond donors (Lipinski definition) is 4. The molecule has 0 saturated carbocycles. The molecular formula is C14H23ClNO4+. The molecule has 0 saturated heterocycles. The van der Waals surface area contributed by atoms with Crippen LogP contribution in [-0.2, 0) is 0 Å². The highest BCUT2D eigenvalue weighted by Crippen LogP contribution is 2.25. The largest absolute Gasteiger partial charge is 0.489 e. The first-order chi connectivity index (χ1) is 9.56. The lowest BCUT2D eigenvalue weighted by Gasteiger charge is -2.21. The molecule has 0 aliphatic heterocycles. The van der Waals surface area contributed by atoms with Gasteiger partial charge in [-0.3, -0.25) is 0 Å². The predicted octanol–water partition coefficient (Wildman–Crippen LogP) is -0.742. The zero-order chi connectivity index (χ0) is 15.0. The third kappa shape index (κ3) is 6.07. The minimum absolute atomic E-state index is 0.0205. The van der Waals surface area contributed by atoms with Crippen molar-refractivity contribution in [1.29, 1.82) is 0 Å². The van der Waals surface area contributed by atoms with Gasteiger partial charge in [0.25, 0.3) is 0 Å². The molecule has 0 aliphatic rings. The summed E-state index contributed by atoms with van der Waals surface area (Å²) < 4.78 is 5.52. The van der Waals surface area contributed by atoms with Gasteiger partial charge in [0.05, 0.1) is 18.2 Å². The number of aliphatic hydroxyl groups excluding tert-OH is 3. The van der Waals surface area contributed by atoms with Crippen LogP contribution in [0.4, 0.5) is 0 Å². The summed E-state index contributed by atoms with van der Waals surface area (Å²) in [5.74, 6) is 0.552. The van der Waals surface area contributed by atoms with E-state index in [1.807, 2.05) is 19.1 Å². The lowest BCUT2D eigenvalue weighted by Crippen LogP contribution is -3.14.